The number of pyridine rings is 5. The summed E-state index contributed by atoms with van der Waals surface area (Å²) < 4.78 is 38.9. The number of hydrogen-bond donors (Lipinski definition) is 0. The molecule has 0 unspecified atom stereocenters. The van der Waals surface area contributed by atoms with Crippen molar-refractivity contribution in [3.8, 4) is 112 Å². The average Bonchev–Trinajstić information content (AvgIpc) is 0.819. The number of benzene rings is 10. The van der Waals surface area contributed by atoms with Gasteiger partial charge in [-0.1, -0.05) is 245 Å². The topological polar surface area (TPSA) is 19.4 Å². The summed E-state index contributed by atoms with van der Waals surface area (Å²) in [4.78, 5) is 0. The molecule has 15 aromatic rings. The number of nitrogens with zero attached hydrogens (tertiary/aromatic N) is 5. The van der Waals surface area contributed by atoms with Crippen LogP contribution in [0, 0.1) is 64.0 Å². The van der Waals surface area contributed by atoms with Gasteiger partial charge in [-0.25, -0.2) is 31.6 Å². The van der Waals surface area contributed by atoms with E-state index in [9.17, 15) is 8.78 Å². The Labute approximate surface area is 716 Å². The van der Waals surface area contributed by atoms with Crippen LogP contribution in [0.15, 0.2) is 322 Å². The summed E-state index contributed by atoms with van der Waals surface area (Å²) in [7, 11) is 10.4. The Balaban J connectivity index is 0.000000147. The third-order valence-corrected chi connectivity index (χ3v) is 22.6. The van der Waals surface area contributed by atoms with Crippen LogP contribution < -0.4 is 22.8 Å². The maximum Gasteiger partial charge on any atom is 0.213 e. The molecule has 0 spiro atoms. The van der Waals surface area contributed by atoms with Crippen LogP contribution in [0.4, 0.5) is 8.78 Å². The predicted octanol–water partition coefficient (Wildman–Crippen LogP) is 26.9. The summed E-state index contributed by atoms with van der Waals surface area (Å²) in [6.07, 6.45) is 13.6. The molecule has 0 saturated carbocycles. The van der Waals surface area contributed by atoms with Crippen molar-refractivity contribution in [3.63, 3.8) is 0 Å². The van der Waals surface area contributed by atoms with E-state index in [1.807, 2.05) is 38.1 Å². The number of rotatable bonds is 18. The van der Waals surface area contributed by atoms with E-state index >= 15 is 0 Å². The van der Waals surface area contributed by atoms with Crippen LogP contribution in [0.1, 0.15) is 137 Å². The highest BCUT2D eigenvalue weighted by molar-refractivity contribution is 5.76. The second kappa shape index (κ2) is 41.5. The van der Waals surface area contributed by atoms with Crippen LogP contribution in [0.25, 0.3) is 112 Å². The first kappa shape index (κ1) is 88.6. The fourth-order valence-corrected chi connectivity index (χ4v) is 15.6. The van der Waals surface area contributed by atoms with Gasteiger partial charge in [-0.2, -0.15) is 0 Å². The quantitative estimate of drug-likeness (QED) is 0.0763. The maximum absolute atomic E-state index is 14.1. The number of aryl methyl sites for hydroxylation is 10. The molecule has 5 heterocycles. The van der Waals surface area contributed by atoms with Crippen LogP contribution in [-0.2, 0) is 54.5 Å². The largest absolute Gasteiger partial charge is 0.213 e. The zero-order valence-electron chi connectivity index (χ0n) is 74.6. The van der Waals surface area contributed by atoms with Gasteiger partial charge in [0.2, 0.25) is 28.5 Å². The van der Waals surface area contributed by atoms with Crippen LogP contribution in [0.3, 0.4) is 0 Å². The predicted molar refractivity (Wildman–Crippen MR) is 500 cm³/mol. The summed E-state index contributed by atoms with van der Waals surface area (Å²) in [5, 5.41) is 0. The van der Waals surface area contributed by atoms with Crippen molar-refractivity contribution >= 4 is 0 Å². The first-order valence-electron chi connectivity index (χ1n) is 42.7. The normalized spacial score (nSPS) is 11.1. The molecule has 7 heteroatoms. The van der Waals surface area contributed by atoms with Gasteiger partial charge >= 0.3 is 0 Å². The molecule has 0 N–H and O–H groups in total. The van der Waals surface area contributed by atoms with Crippen molar-refractivity contribution in [1.29, 1.82) is 0 Å². The Morgan fingerprint density at radius 2 is 0.517 bits per heavy atom. The molecular weight excluding hydrogens is 1470 g/mol. The molecule has 610 valence electrons. The monoisotopic (exact) mass is 1590 g/mol. The Hall–Kier alpha value is -12.2. The van der Waals surface area contributed by atoms with Crippen molar-refractivity contribution in [2.24, 2.45) is 53.0 Å². The molecule has 0 aliphatic rings. The van der Waals surface area contributed by atoms with Crippen LogP contribution in [0.5, 0.6) is 0 Å². The highest BCUT2D eigenvalue weighted by Crippen LogP contribution is 2.35. The molecule has 0 radical (unpaired) electrons. The molecule has 0 fully saturated rings. The van der Waals surface area contributed by atoms with Gasteiger partial charge < -0.3 is 0 Å². The van der Waals surface area contributed by atoms with E-state index in [4.69, 9.17) is 0 Å². The fourth-order valence-electron chi connectivity index (χ4n) is 15.6. The third-order valence-electron chi connectivity index (χ3n) is 22.6. The zero-order valence-corrected chi connectivity index (χ0v) is 74.6. The highest BCUT2D eigenvalue weighted by atomic mass is 19.1. The Morgan fingerprint density at radius 1 is 0.233 bits per heavy atom. The van der Waals surface area contributed by atoms with Gasteiger partial charge in [0.05, 0.1) is 0 Å². The molecule has 0 amide bonds. The molecule has 5 aromatic heterocycles. The van der Waals surface area contributed by atoms with E-state index in [1.165, 1.54) is 123 Å². The summed E-state index contributed by atoms with van der Waals surface area (Å²) in [5.41, 5.74) is 36.5. The summed E-state index contributed by atoms with van der Waals surface area (Å²) >= 11 is 0. The number of hydrogen-bond acceptors (Lipinski definition) is 0. The lowest BCUT2D eigenvalue weighted by Gasteiger charge is -2.11. The van der Waals surface area contributed by atoms with Gasteiger partial charge in [0.15, 0.2) is 31.0 Å². The lowest BCUT2D eigenvalue weighted by atomic mass is 9.96. The molecule has 120 heavy (non-hydrogen) atoms. The molecule has 0 saturated heterocycles. The van der Waals surface area contributed by atoms with Crippen molar-refractivity contribution in [2.45, 2.75) is 135 Å². The lowest BCUT2D eigenvalue weighted by molar-refractivity contribution is -0.660. The summed E-state index contributed by atoms with van der Waals surface area (Å²) in [6, 6.07) is 102. The minimum absolute atomic E-state index is 0.113. The highest BCUT2D eigenvalue weighted by Gasteiger charge is 2.22. The standard InChI is InChI=1S/C23H25FN.2C23H26N.C22H23FN.C22H24N/c1-16(2)13-20-14-18(9-10-22(20)24)19-11-12-25(4)23(15-19)21-8-6-5-7-17(21)3;1-17(2)14-19-9-7-10-20(15-19)21-12-13-24(4)23(16-21)22-11-6-5-8-18(22)3;1-17(2)15-19-9-11-20(12-10-19)21-13-14-24(4)23(16-21)22-8-6-5-7-18(22)3;1-15(2)20-13-17(9-10-21(20)23)18-11-12-24(4)22(14-18)19-8-6-5-7-16(19)3;1-16(2)18-9-11-19(12-10-18)20-13-14-23(4)22(15-20)21-8-6-5-7-17(21)3/h5-12,14-16H,13H2,1-4H3;5-13,15-17H,14H2,1-4H3;5-14,16-17H,15H2,1-4H3;5-15H,1-4H3;5-16H,1-4H3/q5*+1. The van der Waals surface area contributed by atoms with E-state index in [1.54, 1.807) is 12.1 Å². The molecule has 0 aliphatic heterocycles. The van der Waals surface area contributed by atoms with Crippen molar-refractivity contribution in [2.75, 3.05) is 0 Å². The van der Waals surface area contributed by atoms with Gasteiger partial charge in [-0.05, 0) is 249 Å². The van der Waals surface area contributed by atoms with Crippen molar-refractivity contribution in [1.82, 2.24) is 0 Å². The molecular formula is C113H124F2N5+5. The fraction of sp³-hybridized carbons (Fsp3) is 0.248. The van der Waals surface area contributed by atoms with Gasteiger partial charge in [0.1, 0.15) is 46.9 Å². The smallest absolute Gasteiger partial charge is 0.207 e. The Morgan fingerprint density at radius 3 is 0.842 bits per heavy atom. The molecule has 0 aliphatic carbocycles. The van der Waals surface area contributed by atoms with E-state index in [2.05, 4.69) is 434 Å². The third kappa shape index (κ3) is 23.2. The van der Waals surface area contributed by atoms with Gasteiger partial charge in [0.25, 0.3) is 0 Å². The second-order valence-electron chi connectivity index (χ2n) is 34.3. The lowest BCUT2D eigenvalue weighted by Crippen LogP contribution is -2.30. The Kier molecular flexibility index (Phi) is 30.6. The molecule has 15 rings (SSSR count). The molecule has 0 atom stereocenters. The van der Waals surface area contributed by atoms with E-state index in [-0.39, 0.29) is 17.6 Å². The minimum atomic E-state index is -0.130. The van der Waals surface area contributed by atoms with E-state index < -0.39 is 0 Å². The molecule has 10 aromatic carbocycles. The SMILES string of the molecule is Cc1ccccc1-c1cc(-c2ccc(C(C)C)cc2)cc[n+]1C.Cc1ccccc1-c1cc(-c2ccc(CC(C)C)cc2)cc[n+]1C.Cc1ccccc1-c1cc(-c2ccc(F)c(C(C)C)c2)cc[n+]1C.Cc1ccccc1-c1cc(-c2ccc(F)c(CC(C)C)c2)cc[n+]1C.Cc1ccccc1-c1cc(-c2cccc(CC(C)C)c2)cc[n+]1C. The first-order valence-corrected chi connectivity index (χ1v) is 42.7. The van der Waals surface area contributed by atoms with Crippen LogP contribution in [-0.4, -0.2) is 0 Å². The average molecular weight is 1590 g/mol. The van der Waals surface area contributed by atoms with Crippen LogP contribution in [0.2, 0.25) is 0 Å². The number of aromatic nitrogens is 5. The summed E-state index contributed by atoms with van der Waals surface area (Å²) in [6.45, 7) is 32.6. The zero-order chi connectivity index (χ0) is 85.8. The van der Waals surface area contributed by atoms with Gasteiger partial charge in [0, 0.05) is 88.5 Å². The van der Waals surface area contributed by atoms with E-state index in [0.717, 1.165) is 64.0 Å². The van der Waals surface area contributed by atoms with E-state index in [0.29, 0.717) is 23.7 Å². The Bertz CT molecular complexity index is 5960. The summed E-state index contributed by atoms with van der Waals surface area (Å²) in [5.74, 6) is 2.30. The second-order valence-corrected chi connectivity index (χ2v) is 34.3. The minimum Gasteiger partial charge on any atom is -0.207 e. The molecule has 0 bridgehead atoms. The first-order chi connectivity index (χ1) is 57.6. The van der Waals surface area contributed by atoms with Crippen molar-refractivity contribution < 1.29 is 31.6 Å². The number of halogens is 2. The molecule has 5 nitrogen and oxygen atoms in total. The van der Waals surface area contributed by atoms with Crippen molar-refractivity contribution in [3.05, 3.63) is 389 Å². The van der Waals surface area contributed by atoms with Gasteiger partial charge in [-0.15, -0.1) is 0 Å². The maximum atomic E-state index is 14.1. The van der Waals surface area contributed by atoms with Gasteiger partial charge in [-0.3, -0.25) is 0 Å². The van der Waals surface area contributed by atoms with Crippen LogP contribution >= 0.6 is 0 Å².